The maximum atomic E-state index is 12.4. The van der Waals surface area contributed by atoms with Crippen LogP contribution in [0, 0.1) is 0 Å². The van der Waals surface area contributed by atoms with Gasteiger partial charge in [0.1, 0.15) is 0 Å². The smallest absolute Gasteiger partial charge is 0.418 e. The Hall–Kier alpha value is -0.270. The van der Waals surface area contributed by atoms with Crippen molar-refractivity contribution in [3.8, 4) is 0 Å². The topological polar surface area (TPSA) is 77.1 Å². The molecule has 0 unspecified atom stereocenters. The lowest BCUT2D eigenvalue weighted by Gasteiger charge is -2.25. The number of carbonyl (C=O) groups excluding carboxylic acids is 1. The van der Waals surface area contributed by atoms with Gasteiger partial charge in [0, 0.05) is 7.05 Å². The number of hydrogen-bond donors (Lipinski definition) is 1. The van der Waals surface area contributed by atoms with Gasteiger partial charge in [-0.05, 0) is 12.8 Å². The van der Waals surface area contributed by atoms with Crippen molar-refractivity contribution in [1.82, 2.24) is 8.80 Å². The molecule has 0 aromatic carbocycles. The van der Waals surface area contributed by atoms with Crippen LogP contribution in [0.3, 0.4) is 0 Å². The van der Waals surface area contributed by atoms with Crippen molar-refractivity contribution in [2.45, 2.75) is 26.7 Å². The van der Waals surface area contributed by atoms with E-state index in [1.165, 1.54) is 18.2 Å². The second-order valence-corrected chi connectivity index (χ2v) is 6.54. The quantitative estimate of drug-likeness (QED) is 0.518. The molecule has 0 aliphatic heterocycles. The first-order chi connectivity index (χ1) is 8.50. The minimum absolute atomic E-state index is 0.324. The third kappa shape index (κ3) is 6.61. The second kappa shape index (κ2) is 9.63. The Balaban J connectivity index is 4.42. The summed E-state index contributed by atoms with van der Waals surface area (Å²) in [5.41, 5.74) is 0. The SMILES string of the molecule is CCCOP(=O)(OCCC)N(C)SNC(=O)OC. The van der Waals surface area contributed by atoms with E-state index in [2.05, 4.69) is 9.46 Å². The number of ether oxygens (including phenoxy) is 1. The highest BCUT2D eigenvalue weighted by Crippen LogP contribution is 2.53. The highest BCUT2D eigenvalue weighted by Gasteiger charge is 2.32. The molecular weight excluding hydrogens is 279 g/mol. The molecule has 0 aromatic heterocycles. The van der Waals surface area contributed by atoms with Gasteiger partial charge in [0.05, 0.1) is 32.5 Å². The molecule has 0 heterocycles. The van der Waals surface area contributed by atoms with E-state index in [9.17, 15) is 9.36 Å². The van der Waals surface area contributed by atoms with Crippen molar-refractivity contribution in [3.63, 3.8) is 0 Å². The number of nitrogens with zero attached hydrogens (tertiary/aromatic N) is 1. The average Bonchev–Trinajstić information content (AvgIpc) is 2.39. The van der Waals surface area contributed by atoms with E-state index < -0.39 is 13.8 Å². The third-order valence-electron chi connectivity index (χ3n) is 1.71. The van der Waals surface area contributed by atoms with E-state index in [0.29, 0.717) is 13.2 Å². The van der Waals surface area contributed by atoms with Crippen molar-refractivity contribution in [3.05, 3.63) is 0 Å². The van der Waals surface area contributed by atoms with Crippen LogP contribution < -0.4 is 4.72 Å². The molecule has 108 valence electrons. The highest BCUT2D eigenvalue weighted by atomic mass is 32.2. The van der Waals surface area contributed by atoms with Crippen LogP contribution in [0.2, 0.25) is 0 Å². The fourth-order valence-electron chi connectivity index (χ4n) is 0.808. The lowest BCUT2D eigenvalue weighted by atomic mass is 10.5. The molecular formula is C9H21N2O5PS. The second-order valence-electron chi connectivity index (χ2n) is 3.28. The van der Waals surface area contributed by atoms with E-state index in [4.69, 9.17) is 9.05 Å². The van der Waals surface area contributed by atoms with E-state index in [1.54, 1.807) is 0 Å². The van der Waals surface area contributed by atoms with E-state index in [0.717, 1.165) is 25.0 Å². The first-order valence-corrected chi connectivity index (χ1v) is 7.91. The summed E-state index contributed by atoms with van der Waals surface area (Å²) in [6, 6.07) is 0. The number of amides is 1. The van der Waals surface area contributed by atoms with E-state index in [-0.39, 0.29) is 0 Å². The minimum atomic E-state index is -3.38. The Morgan fingerprint density at radius 2 is 1.78 bits per heavy atom. The molecule has 1 N–H and O–H groups in total. The van der Waals surface area contributed by atoms with Crippen LogP contribution in [0.15, 0.2) is 0 Å². The zero-order valence-corrected chi connectivity index (χ0v) is 12.9. The minimum Gasteiger partial charge on any atom is -0.452 e. The molecule has 0 rings (SSSR count). The lowest BCUT2D eigenvalue weighted by Crippen LogP contribution is -2.22. The van der Waals surface area contributed by atoms with Gasteiger partial charge in [-0.2, -0.15) is 0 Å². The Morgan fingerprint density at radius 1 is 1.28 bits per heavy atom. The summed E-state index contributed by atoms with van der Waals surface area (Å²) < 4.78 is 30.9. The average molecular weight is 300 g/mol. The number of hydrogen-bond acceptors (Lipinski definition) is 6. The maximum Gasteiger partial charge on any atom is 0.418 e. The molecule has 0 radical (unpaired) electrons. The summed E-state index contributed by atoms with van der Waals surface area (Å²) in [5.74, 6) is 0. The summed E-state index contributed by atoms with van der Waals surface area (Å²) in [5, 5.41) is 0. The van der Waals surface area contributed by atoms with Crippen molar-refractivity contribution >= 4 is 26.0 Å². The Kier molecular flexibility index (Phi) is 9.49. The number of rotatable bonds is 9. The largest absolute Gasteiger partial charge is 0.452 e. The van der Waals surface area contributed by atoms with Crippen molar-refractivity contribution in [1.29, 1.82) is 0 Å². The van der Waals surface area contributed by atoms with Gasteiger partial charge in [-0.1, -0.05) is 13.8 Å². The first kappa shape index (κ1) is 17.7. The van der Waals surface area contributed by atoms with Crippen LogP contribution in [0.5, 0.6) is 0 Å². The Labute approximate surface area is 112 Å². The van der Waals surface area contributed by atoms with Gasteiger partial charge < -0.3 is 4.74 Å². The molecule has 0 saturated heterocycles. The summed E-state index contributed by atoms with van der Waals surface area (Å²) in [4.78, 5) is 10.9. The van der Waals surface area contributed by atoms with Gasteiger partial charge >= 0.3 is 13.8 Å². The van der Waals surface area contributed by atoms with Crippen LogP contribution in [-0.4, -0.2) is 37.5 Å². The molecule has 1 amide bonds. The Bertz CT molecular complexity index is 280. The predicted octanol–water partition coefficient (Wildman–Crippen LogP) is 2.80. The highest BCUT2D eigenvalue weighted by molar-refractivity contribution is 8.00. The van der Waals surface area contributed by atoms with Gasteiger partial charge in [0.25, 0.3) is 0 Å². The molecule has 9 heteroatoms. The zero-order valence-electron chi connectivity index (χ0n) is 11.2. The van der Waals surface area contributed by atoms with E-state index >= 15 is 0 Å². The fourth-order valence-corrected chi connectivity index (χ4v) is 3.13. The molecule has 0 fully saturated rings. The monoisotopic (exact) mass is 300 g/mol. The molecule has 0 atom stereocenters. The van der Waals surface area contributed by atoms with Crippen LogP contribution >= 0.6 is 19.9 Å². The summed E-state index contributed by atoms with van der Waals surface area (Å²) in [6.45, 7) is 4.46. The van der Waals surface area contributed by atoms with Crippen LogP contribution in [0.25, 0.3) is 0 Å². The van der Waals surface area contributed by atoms with Crippen LogP contribution in [0.1, 0.15) is 26.7 Å². The van der Waals surface area contributed by atoms with Crippen molar-refractivity contribution in [2.75, 3.05) is 27.4 Å². The lowest BCUT2D eigenvalue weighted by molar-refractivity contribution is 0.177. The maximum absolute atomic E-state index is 12.4. The van der Waals surface area contributed by atoms with Gasteiger partial charge in [-0.15, -0.1) is 4.08 Å². The first-order valence-electron chi connectivity index (χ1n) is 5.64. The molecule has 0 aliphatic carbocycles. The van der Waals surface area contributed by atoms with Gasteiger partial charge in [0.2, 0.25) is 0 Å². The van der Waals surface area contributed by atoms with Gasteiger partial charge in [-0.25, -0.2) is 9.36 Å². The third-order valence-corrected chi connectivity index (χ3v) is 4.78. The van der Waals surface area contributed by atoms with E-state index in [1.807, 2.05) is 13.8 Å². The predicted molar refractivity (Wildman–Crippen MR) is 71.0 cm³/mol. The van der Waals surface area contributed by atoms with Crippen molar-refractivity contribution in [2.24, 2.45) is 0 Å². The summed E-state index contributed by atoms with van der Waals surface area (Å²) in [7, 11) is -0.617. The molecule has 0 aliphatic rings. The zero-order chi connectivity index (χ0) is 14.0. The van der Waals surface area contributed by atoms with Crippen LogP contribution in [-0.2, 0) is 18.3 Å². The normalized spacial score (nSPS) is 11.6. The number of nitrogens with one attached hydrogen (secondary N) is 1. The van der Waals surface area contributed by atoms with Crippen molar-refractivity contribution < 1.29 is 23.1 Å². The fraction of sp³-hybridized carbons (Fsp3) is 0.889. The molecule has 0 bridgehead atoms. The van der Waals surface area contributed by atoms with Gasteiger partial charge in [0.15, 0.2) is 0 Å². The molecule has 7 nitrogen and oxygen atoms in total. The molecule has 0 aromatic rings. The van der Waals surface area contributed by atoms with Crippen LogP contribution in [0.4, 0.5) is 4.79 Å². The van der Waals surface area contributed by atoms with Gasteiger partial charge in [-0.3, -0.25) is 13.8 Å². The molecule has 0 spiro atoms. The number of methoxy groups -OCH3 is 1. The standard InChI is InChI=1S/C9H21N2O5PS/c1-5-7-15-17(13,16-8-6-2)11(3)18-10-9(12)14-4/h5-8H2,1-4H3,(H,10,12). The Morgan fingerprint density at radius 3 is 2.17 bits per heavy atom. The molecule has 0 saturated carbocycles. The molecule has 18 heavy (non-hydrogen) atoms. The summed E-state index contributed by atoms with van der Waals surface area (Å²) >= 11 is 0.813. The summed E-state index contributed by atoms with van der Waals surface area (Å²) in [6.07, 6.45) is 0.814. The number of carbonyl (C=O) groups is 1.